The molecule has 0 bridgehead atoms. The largest absolute Gasteiger partial charge is 0.465 e. The molecule has 2 saturated heterocycles. The van der Waals surface area contributed by atoms with E-state index in [2.05, 4.69) is 12.2 Å². The Kier molecular flexibility index (Phi) is 8.20. The summed E-state index contributed by atoms with van der Waals surface area (Å²) in [5.41, 5.74) is 1.45. The third-order valence-electron chi connectivity index (χ3n) is 7.63. The Morgan fingerprint density at radius 2 is 1.94 bits per heavy atom. The van der Waals surface area contributed by atoms with Crippen molar-refractivity contribution < 1.29 is 19.1 Å². The molecule has 0 saturated carbocycles. The van der Waals surface area contributed by atoms with E-state index in [1.807, 2.05) is 28.5 Å². The summed E-state index contributed by atoms with van der Waals surface area (Å²) in [5, 5.41) is 0. The normalized spacial score (nSPS) is 28.0. The van der Waals surface area contributed by atoms with Gasteiger partial charge >= 0.3 is 5.97 Å². The highest BCUT2D eigenvalue weighted by Crippen LogP contribution is 2.50. The number of esters is 1. The molecule has 0 aromatic carbocycles. The summed E-state index contributed by atoms with van der Waals surface area (Å²) >= 11 is 1.86. The lowest BCUT2D eigenvalue weighted by Crippen LogP contribution is -2.54. The standard InChI is InChI=1S/C26H38N2O4S/c1-2-32-25(31)26-12-7-6-10-22(26)28(13-11-20-8-4-3-5-9-20)24(30)21(19-26)18-23(29)27-14-16-33-17-15-27/h8,10,21H,2-7,9,11-19H2,1H3/t21-,26+/m1/s1. The van der Waals surface area contributed by atoms with Gasteiger partial charge in [0.25, 0.3) is 0 Å². The predicted octanol–water partition coefficient (Wildman–Crippen LogP) is 4.31. The number of amides is 2. The predicted molar refractivity (Wildman–Crippen MR) is 131 cm³/mol. The number of hydrogen-bond acceptors (Lipinski definition) is 5. The average Bonchev–Trinajstić information content (AvgIpc) is 2.85. The monoisotopic (exact) mass is 474 g/mol. The molecule has 33 heavy (non-hydrogen) atoms. The van der Waals surface area contributed by atoms with Gasteiger partial charge in [0.1, 0.15) is 5.41 Å². The highest BCUT2D eigenvalue weighted by Gasteiger charge is 2.54. The van der Waals surface area contributed by atoms with Crippen LogP contribution in [-0.4, -0.2) is 65.3 Å². The zero-order valence-corrected chi connectivity index (χ0v) is 20.8. The third kappa shape index (κ3) is 5.33. The van der Waals surface area contributed by atoms with E-state index in [1.165, 1.54) is 18.4 Å². The zero-order valence-electron chi connectivity index (χ0n) is 20.0. The Morgan fingerprint density at radius 3 is 2.67 bits per heavy atom. The molecule has 2 aliphatic heterocycles. The van der Waals surface area contributed by atoms with Crippen molar-refractivity contribution in [3.8, 4) is 0 Å². The fourth-order valence-corrected chi connectivity index (χ4v) is 6.78. The van der Waals surface area contributed by atoms with E-state index in [0.717, 1.165) is 62.4 Å². The molecular formula is C26H38N2O4S. The molecule has 2 atom stereocenters. The van der Waals surface area contributed by atoms with Gasteiger partial charge in [-0.05, 0) is 64.7 Å². The Balaban J connectivity index is 1.59. The van der Waals surface area contributed by atoms with E-state index in [4.69, 9.17) is 4.74 Å². The van der Waals surface area contributed by atoms with Crippen LogP contribution in [0.5, 0.6) is 0 Å². The molecule has 2 amide bonds. The summed E-state index contributed by atoms with van der Waals surface area (Å²) in [4.78, 5) is 43.9. The lowest BCUT2D eigenvalue weighted by molar-refractivity contribution is -0.162. The van der Waals surface area contributed by atoms with Crippen LogP contribution in [0.3, 0.4) is 0 Å². The molecule has 2 fully saturated rings. The van der Waals surface area contributed by atoms with Gasteiger partial charge in [-0.2, -0.15) is 11.8 Å². The van der Waals surface area contributed by atoms with E-state index >= 15 is 0 Å². The molecule has 4 aliphatic rings. The number of likely N-dealkylation sites (tertiary alicyclic amines) is 1. The molecule has 0 aromatic heterocycles. The highest BCUT2D eigenvalue weighted by atomic mass is 32.2. The molecule has 2 heterocycles. The van der Waals surface area contributed by atoms with Crippen LogP contribution in [0.4, 0.5) is 0 Å². The van der Waals surface area contributed by atoms with Crippen molar-refractivity contribution in [2.24, 2.45) is 11.3 Å². The van der Waals surface area contributed by atoms with Crippen LogP contribution in [0, 0.1) is 11.3 Å². The van der Waals surface area contributed by atoms with Crippen LogP contribution >= 0.6 is 11.8 Å². The topological polar surface area (TPSA) is 66.9 Å². The maximum absolute atomic E-state index is 13.7. The average molecular weight is 475 g/mol. The first kappa shape index (κ1) is 24.4. The summed E-state index contributed by atoms with van der Waals surface area (Å²) in [6.07, 6.45) is 13.0. The molecule has 6 nitrogen and oxygen atoms in total. The maximum atomic E-state index is 13.7. The Hall–Kier alpha value is -1.76. The summed E-state index contributed by atoms with van der Waals surface area (Å²) < 4.78 is 5.56. The Labute approximate surface area is 202 Å². The van der Waals surface area contributed by atoms with Crippen LogP contribution in [0.1, 0.15) is 71.1 Å². The molecule has 0 unspecified atom stereocenters. The van der Waals surface area contributed by atoms with Gasteiger partial charge in [-0.1, -0.05) is 17.7 Å². The number of carbonyl (C=O) groups is 3. The molecule has 2 aliphatic carbocycles. The van der Waals surface area contributed by atoms with Crippen molar-refractivity contribution in [2.45, 2.75) is 71.1 Å². The minimum Gasteiger partial charge on any atom is -0.465 e. The number of thioether (sulfide) groups is 1. The summed E-state index contributed by atoms with van der Waals surface area (Å²) in [6, 6.07) is 0. The number of ether oxygens (including phenoxy) is 1. The van der Waals surface area contributed by atoms with E-state index in [1.54, 1.807) is 0 Å². The van der Waals surface area contributed by atoms with Crippen molar-refractivity contribution in [1.29, 1.82) is 0 Å². The summed E-state index contributed by atoms with van der Waals surface area (Å²) in [5.74, 6) is 1.27. The van der Waals surface area contributed by atoms with Crippen LogP contribution in [0.2, 0.25) is 0 Å². The molecule has 0 aromatic rings. The van der Waals surface area contributed by atoms with Gasteiger partial charge in [-0.25, -0.2) is 0 Å². The van der Waals surface area contributed by atoms with E-state index < -0.39 is 11.3 Å². The zero-order chi connectivity index (χ0) is 23.3. The van der Waals surface area contributed by atoms with Crippen molar-refractivity contribution >= 4 is 29.5 Å². The SMILES string of the molecule is CCOC(=O)[C@]12CCCC=C1N(CCC1=CCCCC1)C(=O)[C@H](CC(=O)N1CCSCC1)C2. The number of nitrogens with zero attached hydrogens (tertiary/aromatic N) is 2. The second-order valence-electron chi connectivity index (χ2n) is 9.73. The number of fused-ring (bicyclic) bond motifs is 1. The van der Waals surface area contributed by atoms with E-state index in [9.17, 15) is 14.4 Å². The number of hydrogen-bond donors (Lipinski definition) is 0. The van der Waals surface area contributed by atoms with Gasteiger partial charge in [0.15, 0.2) is 0 Å². The van der Waals surface area contributed by atoms with Gasteiger partial charge in [0.05, 0.1) is 6.61 Å². The molecule has 4 rings (SSSR count). The summed E-state index contributed by atoms with van der Waals surface area (Å²) in [7, 11) is 0. The van der Waals surface area contributed by atoms with E-state index in [-0.39, 0.29) is 24.2 Å². The number of piperidine rings is 1. The molecular weight excluding hydrogens is 436 g/mol. The van der Waals surface area contributed by atoms with Gasteiger partial charge < -0.3 is 14.5 Å². The first-order chi connectivity index (χ1) is 16.0. The molecule has 0 N–H and O–H groups in total. The quantitative estimate of drug-likeness (QED) is 0.406. The van der Waals surface area contributed by atoms with Crippen LogP contribution in [0.15, 0.2) is 23.4 Å². The van der Waals surface area contributed by atoms with Gasteiger partial charge in [0, 0.05) is 49.2 Å². The fraction of sp³-hybridized carbons (Fsp3) is 0.731. The summed E-state index contributed by atoms with van der Waals surface area (Å²) in [6.45, 7) is 4.23. The lowest BCUT2D eigenvalue weighted by atomic mass is 9.66. The second kappa shape index (κ2) is 11.1. The smallest absolute Gasteiger partial charge is 0.318 e. The lowest BCUT2D eigenvalue weighted by Gasteiger charge is -2.48. The van der Waals surface area contributed by atoms with Crippen molar-refractivity contribution in [3.05, 3.63) is 23.4 Å². The maximum Gasteiger partial charge on any atom is 0.318 e. The first-order valence-electron chi connectivity index (χ1n) is 12.8. The fourth-order valence-electron chi connectivity index (χ4n) is 5.88. The minimum absolute atomic E-state index is 0.0132. The molecule has 0 spiro atoms. The molecule has 7 heteroatoms. The van der Waals surface area contributed by atoms with Gasteiger partial charge in [-0.3, -0.25) is 14.4 Å². The van der Waals surface area contributed by atoms with Crippen molar-refractivity contribution in [2.75, 3.05) is 37.7 Å². The van der Waals surface area contributed by atoms with Crippen LogP contribution in [-0.2, 0) is 19.1 Å². The van der Waals surface area contributed by atoms with Gasteiger partial charge in [0.2, 0.25) is 11.8 Å². The van der Waals surface area contributed by atoms with Crippen LogP contribution in [0.25, 0.3) is 0 Å². The highest BCUT2D eigenvalue weighted by molar-refractivity contribution is 7.99. The number of carbonyl (C=O) groups excluding carboxylic acids is 3. The molecule has 182 valence electrons. The number of rotatable bonds is 7. The molecule has 0 radical (unpaired) electrons. The van der Waals surface area contributed by atoms with Crippen molar-refractivity contribution in [3.63, 3.8) is 0 Å². The Morgan fingerprint density at radius 1 is 1.15 bits per heavy atom. The Bertz CT molecular complexity index is 817. The van der Waals surface area contributed by atoms with Crippen molar-refractivity contribution in [1.82, 2.24) is 9.80 Å². The van der Waals surface area contributed by atoms with E-state index in [0.29, 0.717) is 26.0 Å². The van der Waals surface area contributed by atoms with Crippen LogP contribution < -0.4 is 0 Å². The second-order valence-corrected chi connectivity index (χ2v) is 11.0. The third-order valence-corrected chi connectivity index (χ3v) is 8.57. The first-order valence-corrected chi connectivity index (χ1v) is 13.9. The van der Waals surface area contributed by atoms with Gasteiger partial charge in [-0.15, -0.1) is 0 Å². The number of allylic oxidation sites excluding steroid dienone is 2. The minimum atomic E-state index is -0.800.